The average molecular weight is 321 g/mol. The van der Waals surface area contributed by atoms with Crippen LogP contribution in [0.4, 0.5) is 0 Å². The molecule has 0 saturated heterocycles. The van der Waals surface area contributed by atoms with Gasteiger partial charge in [0.05, 0.1) is 0 Å². The highest BCUT2D eigenvalue weighted by atomic mass is 16.7. The van der Waals surface area contributed by atoms with Gasteiger partial charge in [-0.1, -0.05) is 82.7 Å². The van der Waals surface area contributed by atoms with Crippen LogP contribution in [0.1, 0.15) is 70.8 Å². The molecule has 132 valence electrons. The van der Waals surface area contributed by atoms with E-state index in [1.807, 2.05) is 0 Å². The van der Waals surface area contributed by atoms with E-state index in [2.05, 4.69) is 44.2 Å². The van der Waals surface area contributed by atoms with E-state index < -0.39 is 5.79 Å². The standard InChI is InChI=1S/C21H36O2/c1-5-6-7-8-9-11-14-19(2)21(22-3,23-4)18-17-20-15-12-10-13-16-20/h10,12-13,15-16,19H,5-9,11,14,17-18H2,1-4H3. The summed E-state index contributed by atoms with van der Waals surface area (Å²) in [6, 6.07) is 10.6. The van der Waals surface area contributed by atoms with Gasteiger partial charge in [0.1, 0.15) is 0 Å². The number of hydrogen-bond donors (Lipinski definition) is 0. The van der Waals surface area contributed by atoms with Crippen LogP contribution in [-0.2, 0) is 15.9 Å². The largest absolute Gasteiger partial charge is 0.353 e. The van der Waals surface area contributed by atoms with Crippen molar-refractivity contribution in [3.8, 4) is 0 Å². The Labute approximate surface area is 143 Å². The van der Waals surface area contributed by atoms with E-state index in [0.717, 1.165) is 12.8 Å². The monoisotopic (exact) mass is 320 g/mol. The Kier molecular flexibility index (Phi) is 10.2. The Morgan fingerprint density at radius 3 is 2.13 bits per heavy atom. The topological polar surface area (TPSA) is 18.5 Å². The van der Waals surface area contributed by atoms with Gasteiger partial charge in [0.25, 0.3) is 0 Å². The third-order valence-corrected chi connectivity index (χ3v) is 5.04. The first kappa shape index (κ1) is 20.2. The molecule has 0 heterocycles. The van der Waals surface area contributed by atoms with Gasteiger partial charge in [0, 0.05) is 26.6 Å². The van der Waals surface area contributed by atoms with Gasteiger partial charge in [0.15, 0.2) is 5.79 Å². The summed E-state index contributed by atoms with van der Waals surface area (Å²) in [6.07, 6.45) is 11.1. The van der Waals surface area contributed by atoms with Gasteiger partial charge in [0.2, 0.25) is 0 Å². The predicted octanol–water partition coefficient (Wildman–Crippen LogP) is 6.00. The van der Waals surface area contributed by atoms with Crippen LogP contribution in [0.3, 0.4) is 0 Å². The Bertz CT molecular complexity index is 384. The van der Waals surface area contributed by atoms with E-state index in [0.29, 0.717) is 5.92 Å². The quantitative estimate of drug-likeness (QED) is 0.328. The maximum absolute atomic E-state index is 5.84. The van der Waals surface area contributed by atoms with Crippen molar-refractivity contribution >= 4 is 0 Å². The van der Waals surface area contributed by atoms with Crippen LogP contribution in [0, 0.1) is 5.92 Å². The summed E-state index contributed by atoms with van der Waals surface area (Å²) < 4.78 is 11.7. The van der Waals surface area contributed by atoms with Crippen LogP contribution in [0.2, 0.25) is 0 Å². The number of benzene rings is 1. The second-order valence-corrected chi connectivity index (χ2v) is 6.66. The van der Waals surface area contributed by atoms with Crippen LogP contribution < -0.4 is 0 Å². The first-order chi connectivity index (χ1) is 11.2. The molecule has 1 aromatic rings. The van der Waals surface area contributed by atoms with Crippen molar-refractivity contribution in [3.63, 3.8) is 0 Å². The molecule has 23 heavy (non-hydrogen) atoms. The highest BCUT2D eigenvalue weighted by molar-refractivity contribution is 5.15. The fourth-order valence-corrected chi connectivity index (χ4v) is 3.35. The lowest BCUT2D eigenvalue weighted by molar-refractivity contribution is -0.241. The smallest absolute Gasteiger partial charge is 0.170 e. The minimum atomic E-state index is -0.459. The van der Waals surface area contributed by atoms with Crippen molar-refractivity contribution in [1.29, 1.82) is 0 Å². The van der Waals surface area contributed by atoms with Gasteiger partial charge in [-0.15, -0.1) is 0 Å². The molecular weight excluding hydrogens is 284 g/mol. The molecular formula is C21H36O2. The molecule has 0 N–H and O–H groups in total. The molecule has 0 saturated carbocycles. The first-order valence-electron chi connectivity index (χ1n) is 9.32. The van der Waals surface area contributed by atoms with Gasteiger partial charge >= 0.3 is 0 Å². The zero-order valence-corrected chi connectivity index (χ0v) is 15.6. The molecule has 0 aromatic heterocycles. The zero-order valence-electron chi connectivity index (χ0n) is 15.6. The van der Waals surface area contributed by atoms with Crippen LogP contribution in [0.25, 0.3) is 0 Å². The molecule has 1 unspecified atom stereocenters. The van der Waals surface area contributed by atoms with Gasteiger partial charge < -0.3 is 9.47 Å². The van der Waals surface area contributed by atoms with Gasteiger partial charge in [-0.3, -0.25) is 0 Å². The summed E-state index contributed by atoms with van der Waals surface area (Å²) in [7, 11) is 3.57. The van der Waals surface area contributed by atoms with Gasteiger partial charge in [-0.2, -0.15) is 0 Å². The summed E-state index contributed by atoms with van der Waals surface area (Å²) >= 11 is 0. The van der Waals surface area contributed by atoms with Crippen molar-refractivity contribution in [1.82, 2.24) is 0 Å². The molecule has 0 radical (unpaired) electrons. The SMILES string of the molecule is CCCCCCCCC(C)C(CCc1ccccc1)(OC)OC. The third-order valence-electron chi connectivity index (χ3n) is 5.04. The van der Waals surface area contributed by atoms with Gasteiger partial charge in [-0.05, 0) is 18.4 Å². The Balaban J connectivity index is 2.44. The number of hydrogen-bond acceptors (Lipinski definition) is 2. The van der Waals surface area contributed by atoms with Crippen LogP contribution in [0.5, 0.6) is 0 Å². The van der Waals surface area contributed by atoms with E-state index in [1.54, 1.807) is 14.2 Å². The number of unbranched alkanes of at least 4 members (excludes halogenated alkanes) is 5. The first-order valence-corrected chi connectivity index (χ1v) is 9.32. The summed E-state index contributed by atoms with van der Waals surface area (Å²) in [5.74, 6) is -0.0494. The second kappa shape index (κ2) is 11.6. The van der Waals surface area contributed by atoms with Crippen LogP contribution in [0.15, 0.2) is 30.3 Å². The van der Waals surface area contributed by atoms with E-state index in [-0.39, 0.29) is 0 Å². The number of rotatable bonds is 13. The fourth-order valence-electron chi connectivity index (χ4n) is 3.35. The molecule has 0 fully saturated rings. The molecule has 0 amide bonds. The minimum Gasteiger partial charge on any atom is -0.353 e. The van der Waals surface area contributed by atoms with Crippen LogP contribution >= 0.6 is 0 Å². The molecule has 0 aliphatic carbocycles. The summed E-state index contributed by atoms with van der Waals surface area (Å²) in [4.78, 5) is 0. The Morgan fingerprint density at radius 1 is 0.913 bits per heavy atom. The summed E-state index contributed by atoms with van der Waals surface area (Å²) in [5.41, 5.74) is 1.35. The maximum atomic E-state index is 5.84. The zero-order chi connectivity index (χ0) is 17.0. The molecule has 0 bridgehead atoms. The second-order valence-electron chi connectivity index (χ2n) is 6.66. The molecule has 1 atom stereocenters. The van der Waals surface area contributed by atoms with Crippen molar-refractivity contribution in [2.45, 2.75) is 77.4 Å². The maximum Gasteiger partial charge on any atom is 0.170 e. The molecule has 0 aliphatic rings. The van der Waals surface area contributed by atoms with Crippen molar-refractivity contribution < 1.29 is 9.47 Å². The fraction of sp³-hybridized carbons (Fsp3) is 0.714. The lowest BCUT2D eigenvalue weighted by atomic mass is 9.89. The normalized spacial score (nSPS) is 13.2. The molecule has 1 aromatic carbocycles. The van der Waals surface area contributed by atoms with Crippen molar-refractivity contribution in [2.75, 3.05) is 14.2 Å². The summed E-state index contributed by atoms with van der Waals surface area (Å²) in [6.45, 7) is 4.53. The lowest BCUT2D eigenvalue weighted by Crippen LogP contribution is -2.41. The number of aryl methyl sites for hydroxylation is 1. The molecule has 0 aliphatic heterocycles. The van der Waals surface area contributed by atoms with Crippen LogP contribution in [-0.4, -0.2) is 20.0 Å². The van der Waals surface area contributed by atoms with Crippen molar-refractivity contribution in [3.05, 3.63) is 35.9 Å². The van der Waals surface area contributed by atoms with E-state index in [9.17, 15) is 0 Å². The minimum absolute atomic E-state index is 0.410. The predicted molar refractivity (Wildman–Crippen MR) is 98.7 cm³/mol. The highest BCUT2D eigenvalue weighted by Gasteiger charge is 2.35. The third kappa shape index (κ3) is 7.05. The van der Waals surface area contributed by atoms with E-state index >= 15 is 0 Å². The number of ether oxygens (including phenoxy) is 2. The Hall–Kier alpha value is -0.860. The van der Waals surface area contributed by atoms with Gasteiger partial charge in [-0.25, -0.2) is 0 Å². The molecule has 2 heteroatoms. The lowest BCUT2D eigenvalue weighted by Gasteiger charge is -2.37. The molecule has 0 spiro atoms. The van der Waals surface area contributed by atoms with E-state index in [4.69, 9.17) is 9.47 Å². The molecule has 1 rings (SSSR count). The molecule has 2 nitrogen and oxygen atoms in total. The Morgan fingerprint density at radius 2 is 1.52 bits per heavy atom. The van der Waals surface area contributed by atoms with Crippen molar-refractivity contribution in [2.24, 2.45) is 5.92 Å². The van der Waals surface area contributed by atoms with E-state index in [1.165, 1.54) is 50.5 Å². The average Bonchev–Trinajstić information content (AvgIpc) is 2.60. The highest BCUT2D eigenvalue weighted by Crippen LogP contribution is 2.32. The number of methoxy groups -OCH3 is 2. The summed E-state index contributed by atoms with van der Waals surface area (Å²) in [5, 5.41) is 0.